The molecule has 0 radical (unpaired) electrons. The van der Waals surface area contributed by atoms with Crippen LogP contribution in [0.4, 0.5) is 11.4 Å². The standard InChI is InChI=1S/C16H21N3O7/c1-3-4-5-7-17(8-6-15(20)26-2)16(21)12-9-13(18(22)23)11-14(10-12)19(24)25/h9-11H,3-8H2,1-2H3. The molecular weight excluding hydrogens is 346 g/mol. The molecular formula is C16H21N3O7. The van der Waals surface area contributed by atoms with Gasteiger partial charge in [0.2, 0.25) is 0 Å². The minimum absolute atomic E-state index is 0.0363. The molecule has 0 aliphatic rings. The zero-order valence-corrected chi connectivity index (χ0v) is 14.7. The second-order valence-electron chi connectivity index (χ2n) is 5.58. The Bertz CT molecular complexity index is 658. The van der Waals surface area contributed by atoms with E-state index in [1.54, 1.807) is 0 Å². The van der Waals surface area contributed by atoms with Crippen molar-refractivity contribution in [2.45, 2.75) is 32.6 Å². The molecule has 1 aromatic rings. The topological polar surface area (TPSA) is 133 Å². The van der Waals surface area contributed by atoms with Crippen molar-refractivity contribution in [2.24, 2.45) is 0 Å². The summed E-state index contributed by atoms with van der Waals surface area (Å²) in [5.41, 5.74) is -1.24. The fourth-order valence-corrected chi connectivity index (χ4v) is 2.31. The summed E-state index contributed by atoms with van der Waals surface area (Å²) in [5.74, 6) is -1.10. The van der Waals surface area contributed by atoms with E-state index in [-0.39, 0.29) is 18.5 Å². The SMILES string of the molecule is CCCCCN(CCC(=O)OC)C(=O)c1cc([N+](=O)[O-])cc([N+](=O)[O-])c1. The zero-order chi connectivity index (χ0) is 19.7. The number of hydrogen-bond donors (Lipinski definition) is 0. The number of esters is 1. The summed E-state index contributed by atoms with van der Waals surface area (Å²) in [5, 5.41) is 22.0. The largest absolute Gasteiger partial charge is 0.469 e. The Morgan fingerprint density at radius 1 is 1.04 bits per heavy atom. The van der Waals surface area contributed by atoms with Gasteiger partial charge in [0.1, 0.15) is 0 Å². The molecule has 0 atom stereocenters. The van der Waals surface area contributed by atoms with Crippen LogP contribution in [0.3, 0.4) is 0 Å². The molecule has 0 spiro atoms. The van der Waals surface area contributed by atoms with E-state index in [2.05, 4.69) is 4.74 Å². The van der Waals surface area contributed by atoms with Gasteiger partial charge in [-0.1, -0.05) is 19.8 Å². The van der Waals surface area contributed by atoms with Gasteiger partial charge in [0.05, 0.1) is 35.0 Å². The van der Waals surface area contributed by atoms with Gasteiger partial charge < -0.3 is 9.64 Å². The maximum absolute atomic E-state index is 12.7. The predicted molar refractivity (Wildman–Crippen MR) is 91.8 cm³/mol. The van der Waals surface area contributed by atoms with Crippen LogP contribution in [0.1, 0.15) is 43.0 Å². The molecule has 0 saturated carbocycles. The highest BCUT2D eigenvalue weighted by molar-refractivity contribution is 5.95. The predicted octanol–water partition coefficient (Wildman–Crippen LogP) is 2.70. The second kappa shape index (κ2) is 10.1. The number of nitro groups is 2. The summed E-state index contributed by atoms with van der Waals surface area (Å²) < 4.78 is 4.56. The average Bonchev–Trinajstić information content (AvgIpc) is 2.63. The third kappa shape index (κ3) is 6.11. The van der Waals surface area contributed by atoms with E-state index < -0.39 is 33.1 Å². The molecule has 0 bridgehead atoms. The number of non-ortho nitro benzene ring substituents is 2. The first kappa shape index (κ1) is 21.0. The fraction of sp³-hybridized carbons (Fsp3) is 0.500. The molecule has 1 aromatic carbocycles. The van der Waals surface area contributed by atoms with Crippen molar-refractivity contribution in [3.8, 4) is 0 Å². The Morgan fingerprint density at radius 2 is 1.62 bits per heavy atom. The number of ether oxygens (including phenoxy) is 1. The molecule has 0 aliphatic heterocycles. The van der Waals surface area contributed by atoms with Crippen LogP contribution in [0, 0.1) is 20.2 Å². The first-order valence-electron chi connectivity index (χ1n) is 8.10. The molecule has 1 rings (SSSR count). The van der Waals surface area contributed by atoms with E-state index in [1.807, 2.05) is 6.92 Å². The first-order chi connectivity index (χ1) is 12.3. The molecule has 10 heteroatoms. The first-order valence-corrected chi connectivity index (χ1v) is 8.10. The van der Waals surface area contributed by atoms with Crippen LogP contribution in [0.5, 0.6) is 0 Å². The molecule has 26 heavy (non-hydrogen) atoms. The number of nitro benzene ring substituents is 2. The summed E-state index contributed by atoms with van der Waals surface area (Å²) in [4.78, 5) is 45.8. The van der Waals surface area contributed by atoms with Gasteiger partial charge in [0, 0.05) is 25.2 Å². The highest BCUT2D eigenvalue weighted by atomic mass is 16.6. The smallest absolute Gasteiger partial charge is 0.307 e. The molecule has 0 unspecified atom stereocenters. The van der Waals surface area contributed by atoms with E-state index in [9.17, 15) is 29.8 Å². The number of nitrogens with zero attached hydrogens (tertiary/aromatic N) is 3. The third-order valence-corrected chi connectivity index (χ3v) is 3.70. The van der Waals surface area contributed by atoms with Crippen LogP contribution in [-0.2, 0) is 9.53 Å². The minimum Gasteiger partial charge on any atom is -0.469 e. The van der Waals surface area contributed by atoms with Crippen LogP contribution in [0.15, 0.2) is 18.2 Å². The van der Waals surface area contributed by atoms with Crippen molar-refractivity contribution >= 4 is 23.3 Å². The summed E-state index contributed by atoms with van der Waals surface area (Å²) in [6.45, 7) is 2.39. The number of benzene rings is 1. The lowest BCUT2D eigenvalue weighted by atomic mass is 10.1. The van der Waals surface area contributed by atoms with Gasteiger partial charge in [-0.2, -0.15) is 0 Å². The summed E-state index contributed by atoms with van der Waals surface area (Å²) >= 11 is 0. The Labute approximate surface area is 150 Å². The number of rotatable bonds is 10. The molecule has 0 saturated heterocycles. The quantitative estimate of drug-likeness (QED) is 0.269. The summed E-state index contributed by atoms with van der Waals surface area (Å²) in [6.07, 6.45) is 2.42. The van der Waals surface area contributed by atoms with Crippen molar-refractivity contribution < 1.29 is 24.2 Å². The molecule has 10 nitrogen and oxygen atoms in total. The molecule has 1 amide bonds. The van der Waals surface area contributed by atoms with Gasteiger partial charge in [-0.3, -0.25) is 29.8 Å². The van der Waals surface area contributed by atoms with Crippen molar-refractivity contribution in [2.75, 3.05) is 20.2 Å². The lowest BCUT2D eigenvalue weighted by molar-refractivity contribution is -0.394. The van der Waals surface area contributed by atoms with Gasteiger partial charge >= 0.3 is 5.97 Å². The maximum atomic E-state index is 12.7. The second-order valence-corrected chi connectivity index (χ2v) is 5.58. The van der Waals surface area contributed by atoms with Crippen LogP contribution >= 0.6 is 0 Å². The van der Waals surface area contributed by atoms with E-state index in [1.165, 1.54) is 12.0 Å². The molecule has 0 fully saturated rings. The highest BCUT2D eigenvalue weighted by Crippen LogP contribution is 2.24. The van der Waals surface area contributed by atoms with E-state index in [0.29, 0.717) is 13.0 Å². The fourth-order valence-electron chi connectivity index (χ4n) is 2.31. The average molecular weight is 367 g/mol. The van der Waals surface area contributed by atoms with Crippen LogP contribution < -0.4 is 0 Å². The van der Waals surface area contributed by atoms with Crippen LogP contribution in [0.25, 0.3) is 0 Å². The number of carbonyl (C=O) groups excluding carboxylic acids is 2. The number of methoxy groups -OCH3 is 1. The Hall–Kier alpha value is -3.04. The molecule has 0 heterocycles. The van der Waals surface area contributed by atoms with E-state index in [4.69, 9.17) is 0 Å². The molecule has 0 aromatic heterocycles. The van der Waals surface area contributed by atoms with Crippen molar-refractivity contribution in [1.29, 1.82) is 0 Å². The number of amides is 1. The van der Waals surface area contributed by atoms with Crippen LogP contribution in [-0.4, -0.2) is 46.8 Å². The van der Waals surface area contributed by atoms with Gasteiger partial charge in [0.15, 0.2) is 0 Å². The number of hydrogen-bond acceptors (Lipinski definition) is 7. The van der Waals surface area contributed by atoms with Crippen molar-refractivity contribution in [1.82, 2.24) is 4.90 Å². The van der Waals surface area contributed by atoms with Crippen LogP contribution in [0.2, 0.25) is 0 Å². The highest BCUT2D eigenvalue weighted by Gasteiger charge is 2.23. The monoisotopic (exact) mass is 367 g/mol. The maximum Gasteiger partial charge on any atom is 0.307 e. The van der Waals surface area contributed by atoms with Gasteiger partial charge in [-0.05, 0) is 6.42 Å². The Morgan fingerprint density at radius 3 is 2.08 bits per heavy atom. The Balaban J connectivity index is 3.12. The minimum atomic E-state index is -0.792. The number of unbranched alkanes of at least 4 members (excludes halogenated alkanes) is 2. The van der Waals surface area contributed by atoms with Gasteiger partial charge in [-0.15, -0.1) is 0 Å². The summed E-state index contributed by atoms with van der Waals surface area (Å²) in [6, 6.07) is 2.80. The van der Waals surface area contributed by atoms with Gasteiger partial charge in [-0.25, -0.2) is 0 Å². The lowest BCUT2D eigenvalue weighted by Gasteiger charge is -2.22. The van der Waals surface area contributed by atoms with Crippen molar-refractivity contribution in [3.63, 3.8) is 0 Å². The lowest BCUT2D eigenvalue weighted by Crippen LogP contribution is -2.34. The third-order valence-electron chi connectivity index (χ3n) is 3.70. The molecule has 142 valence electrons. The van der Waals surface area contributed by atoms with E-state index in [0.717, 1.165) is 31.0 Å². The van der Waals surface area contributed by atoms with Gasteiger partial charge in [0.25, 0.3) is 17.3 Å². The summed E-state index contributed by atoms with van der Waals surface area (Å²) in [7, 11) is 1.23. The normalized spacial score (nSPS) is 10.2. The molecule has 0 aliphatic carbocycles. The zero-order valence-electron chi connectivity index (χ0n) is 14.7. The van der Waals surface area contributed by atoms with Crippen molar-refractivity contribution in [3.05, 3.63) is 44.0 Å². The van der Waals surface area contributed by atoms with E-state index >= 15 is 0 Å². The number of carbonyl (C=O) groups is 2. The Kier molecular flexibility index (Phi) is 8.13. The molecule has 0 N–H and O–H groups in total.